The summed E-state index contributed by atoms with van der Waals surface area (Å²) in [5.41, 5.74) is 3.39. The lowest BCUT2D eigenvalue weighted by atomic mass is 9.96. The van der Waals surface area contributed by atoms with Crippen LogP contribution >= 0.6 is 23.2 Å². The number of para-hydroxylation sites is 1. The van der Waals surface area contributed by atoms with Crippen molar-refractivity contribution in [3.8, 4) is 22.9 Å². The molecule has 4 rings (SSSR count). The molecule has 0 radical (unpaired) electrons. The summed E-state index contributed by atoms with van der Waals surface area (Å²) in [4.78, 5) is 30.3. The van der Waals surface area contributed by atoms with Gasteiger partial charge in [-0.2, -0.15) is 9.78 Å². The zero-order valence-corrected chi connectivity index (χ0v) is 25.2. The molecule has 0 fully saturated rings. The summed E-state index contributed by atoms with van der Waals surface area (Å²) in [5, 5.41) is 5.31. The van der Waals surface area contributed by atoms with Crippen molar-refractivity contribution < 1.29 is 19.0 Å². The summed E-state index contributed by atoms with van der Waals surface area (Å²) in [5.74, 6) is 0.932. The van der Waals surface area contributed by atoms with Crippen LogP contribution in [0.1, 0.15) is 50.3 Å². The second-order valence-electron chi connectivity index (χ2n) is 9.70. The van der Waals surface area contributed by atoms with Crippen LogP contribution in [-0.4, -0.2) is 41.7 Å². The Morgan fingerprint density at radius 3 is 2.41 bits per heavy atom. The fraction of sp³-hybridized carbons (Fsp3) is 0.290. The van der Waals surface area contributed by atoms with E-state index in [9.17, 15) is 9.59 Å². The summed E-state index contributed by atoms with van der Waals surface area (Å²) < 4.78 is 17.5. The second kappa shape index (κ2) is 12.7. The lowest BCUT2D eigenvalue weighted by Gasteiger charge is -2.18. The van der Waals surface area contributed by atoms with Crippen molar-refractivity contribution in [1.29, 1.82) is 0 Å². The lowest BCUT2D eigenvalue weighted by molar-refractivity contribution is -0.147. The van der Waals surface area contributed by atoms with Gasteiger partial charge in [0.25, 0.3) is 5.56 Å². The summed E-state index contributed by atoms with van der Waals surface area (Å²) in [6.45, 7) is 10.1. The molecular weight excluding hydrogens is 565 g/mol. The normalized spacial score (nSPS) is 12.2. The number of rotatable bonds is 9. The minimum absolute atomic E-state index is 0.139. The van der Waals surface area contributed by atoms with Crippen molar-refractivity contribution >= 4 is 46.3 Å². The van der Waals surface area contributed by atoms with Crippen molar-refractivity contribution in [2.24, 2.45) is 5.10 Å². The van der Waals surface area contributed by atoms with Gasteiger partial charge in [0.15, 0.2) is 17.7 Å². The number of hydrogen-bond acceptors (Lipinski definition) is 7. The monoisotopic (exact) mass is 595 g/mol. The Labute approximate surface area is 248 Å². The molecule has 0 bridgehead atoms. The second-order valence-corrected chi connectivity index (χ2v) is 10.5. The summed E-state index contributed by atoms with van der Waals surface area (Å²) in [6.07, 6.45) is 0.562. The fourth-order valence-electron chi connectivity index (χ4n) is 4.36. The summed E-state index contributed by atoms with van der Waals surface area (Å²) in [7, 11) is 1.27. The van der Waals surface area contributed by atoms with E-state index in [2.05, 4.69) is 18.9 Å². The van der Waals surface area contributed by atoms with Gasteiger partial charge in [-0.05, 0) is 79.8 Å². The molecule has 0 saturated heterocycles. The number of fused-ring (bicyclic) bond motifs is 1. The number of nitrogens with zero attached hydrogens (tertiary/aromatic N) is 3. The van der Waals surface area contributed by atoms with Crippen LogP contribution in [0.5, 0.6) is 11.5 Å². The number of halogens is 2. The van der Waals surface area contributed by atoms with Gasteiger partial charge in [0, 0.05) is 5.56 Å². The van der Waals surface area contributed by atoms with Crippen LogP contribution in [0.3, 0.4) is 0 Å². The number of hydrogen-bond donors (Lipinski definition) is 0. The minimum atomic E-state index is -0.910. The van der Waals surface area contributed by atoms with Gasteiger partial charge < -0.3 is 14.2 Å². The van der Waals surface area contributed by atoms with E-state index in [0.29, 0.717) is 28.9 Å². The molecule has 41 heavy (non-hydrogen) atoms. The summed E-state index contributed by atoms with van der Waals surface area (Å²) in [6, 6.07) is 14.3. The molecule has 3 aromatic carbocycles. The standard InChI is InChI=1S/C31H31Cl2N3O5/c1-7-40-27-12-18(4)23(15-22(27)17(2)3)29-35-26-11-9-8-10-21(26)30(37)36(29)34-16-20-13-24(32)28(25(33)14-20)41-19(5)31(38)39-6/h8-17,19H,7H2,1-6H3/t19-/m1/s1. The molecule has 0 N–H and O–H groups in total. The van der Waals surface area contributed by atoms with Crippen LogP contribution < -0.4 is 15.0 Å². The van der Waals surface area contributed by atoms with Crippen LogP contribution in [0.15, 0.2) is 58.4 Å². The van der Waals surface area contributed by atoms with E-state index in [-0.39, 0.29) is 27.3 Å². The van der Waals surface area contributed by atoms with Gasteiger partial charge in [-0.15, -0.1) is 0 Å². The number of ether oxygens (including phenoxy) is 3. The van der Waals surface area contributed by atoms with E-state index < -0.39 is 12.1 Å². The minimum Gasteiger partial charge on any atom is -0.494 e. The maximum absolute atomic E-state index is 13.7. The third-order valence-corrected chi connectivity index (χ3v) is 7.01. The Kier molecular flexibility index (Phi) is 9.35. The largest absolute Gasteiger partial charge is 0.494 e. The molecule has 0 spiro atoms. The van der Waals surface area contributed by atoms with Crippen molar-refractivity contribution in [3.05, 3.63) is 85.6 Å². The van der Waals surface area contributed by atoms with E-state index in [1.54, 1.807) is 30.3 Å². The van der Waals surface area contributed by atoms with Gasteiger partial charge in [0.2, 0.25) is 0 Å². The molecular formula is C31H31Cl2N3O5. The molecule has 8 nitrogen and oxygen atoms in total. The first-order valence-corrected chi connectivity index (χ1v) is 13.9. The van der Waals surface area contributed by atoms with E-state index in [0.717, 1.165) is 22.4 Å². The molecule has 1 heterocycles. The Hall–Kier alpha value is -3.88. The molecule has 0 aliphatic rings. The Morgan fingerprint density at radius 1 is 1.10 bits per heavy atom. The van der Waals surface area contributed by atoms with Crippen LogP contribution in [-0.2, 0) is 9.53 Å². The zero-order valence-electron chi connectivity index (χ0n) is 23.7. The highest BCUT2D eigenvalue weighted by molar-refractivity contribution is 6.37. The predicted octanol–water partition coefficient (Wildman–Crippen LogP) is 7.02. The third kappa shape index (κ3) is 6.39. The zero-order chi connectivity index (χ0) is 29.8. The Morgan fingerprint density at radius 2 is 1.78 bits per heavy atom. The third-order valence-electron chi connectivity index (χ3n) is 6.44. The Balaban J connectivity index is 1.86. The molecule has 0 saturated carbocycles. The number of methoxy groups -OCH3 is 1. The molecule has 1 aromatic heterocycles. The van der Waals surface area contributed by atoms with Crippen molar-refractivity contribution in [1.82, 2.24) is 9.66 Å². The highest BCUT2D eigenvalue weighted by atomic mass is 35.5. The van der Waals surface area contributed by atoms with Crippen molar-refractivity contribution in [2.45, 2.75) is 46.6 Å². The first kappa shape index (κ1) is 30.1. The molecule has 1 atom stereocenters. The highest BCUT2D eigenvalue weighted by Gasteiger charge is 2.20. The molecule has 0 unspecified atom stereocenters. The maximum atomic E-state index is 13.7. The number of carbonyl (C=O) groups excluding carboxylic acids is 1. The number of esters is 1. The maximum Gasteiger partial charge on any atom is 0.346 e. The van der Waals surface area contributed by atoms with Gasteiger partial charge in [-0.1, -0.05) is 49.2 Å². The first-order chi connectivity index (χ1) is 19.5. The van der Waals surface area contributed by atoms with E-state index in [4.69, 9.17) is 42.4 Å². The lowest BCUT2D eigenvalue weighted by Crippen LogP contribution is -2.25. The van der Waals surface area contributed by atoms with Gasteiger partial charge in [0.1, 0.15) is 5.75 Å². The fourth-order valence-corrected chi connectivity index (χ4v) is 4.95. The van der Waals surface area contributed by atoms with Crippen LogP contribution in [0.4, 0.5) is 0 Å². The molecule has 4 aromatic rings. The average molecular weight is 597 g/mol. The smallest absolute Gasteiger partial charge is 0.346 e. The number of carbonyl (C=O) groups is 1. The van der Waals surface area contributed by atoms with Crippen LogP contribution in [0.2, 0.25) is 10.0 Å². The van der Waals surface area contributed by atoms with Gasteiger partial charge >= 0.3 is 5.97 Å². The first-order valence-electron chi connectivity index (χ1n) is 13.1. The average Bonchev–Trinajstić information content (AvgIpc) is 2.94. The van der Waals surface area contributed by atoms with Crippen molar-refractivity contribution in [3.63, 3.8) is 0 Å². The number of aromatic nitrogens is 2. The molecule has 0 aliphatic heterocycles. The van der Waals surface area contributed by atoms with E-state index in [1.807, 2.05) is 32.0 Å². The molecule has 10 heteroatoms. The topological polar surface area (TPSA) is 92.0 Å². The predicted molar refractivity (Wildman–Crippen MR) is 163 cm³/mol. The quantitative estimate of drug-likeness (QED) is 0.152. The molecule has 0 amide bonds. The van der Waals surface area contributed by atoms with Crippen LogP contribution in [0.25, 0.3) is 22.3 Å². The number of aryl methyl sites for hydroxylation is 1. The van der Waals surface area contributed by atoms with Gasteiger partial charge in [-0.3, -0.25) is 4.79 Å². The van der Waals surface area contributed by atoms with Gasteiger partial charge in [-0.25, -0.2) is 9.78 Å². The highest BCUT2D eigenvalue weighted by Crippen LogP contribution is 2.36. The van der Waals surface area contributed by atoms with Crippen LogP contribution in [0, 0.1) is 6.92 Å². The van der Waals surface area contributed by atoms with E-state index >= 15 is 0 Å². The SMILES string of the molecule is CCOc1cc(C)c(-c2nc3ccccc3c(=O)n2N=Cc2cc(Cl)c(O[C@H](C)C(=O)OC)c(Cl)c2)cc1C(C)C. The molecule has 214 valence electrons. The Bertz CT molecular complexity index is 1670. The van der Waals surface area contributed by atoms with Crippen molar-refractivity contribution in [2.75, 3.05) is 13.7 Å². The van der Waals surface area contributed by atoms with E-state index in [1.165, 1.54) is 24.9 Å². The van der Waals surface area contributed by atoms with Gasteiger partial charge in [0.05, 0.1) is 40.9 Å². The summed E-state index contributed by atoms with van der Waals surface area (Å²) >= 11 is 12.9. The number of benzene rings is 3. The molecule has 0 aliphatic carbocycles.